The number of carbonyl (C=O) groups is 1. The minimum Gasteiger partial charge on any atom is -0.469 e. The van der Waals surface area contributed by atoms with Crippen molar-refractivity contribution < 1.29 is 9.21 Å². The molecule has 21 heavy (non-hydrogen) atoms. The highest BCUT2D eigenvalue weighted by Crippen LogP contribution is 2.16. The molecule has 3 aromatic rings. The van der Waals surface area contributed by atoms with Crippen LogP contribution in [0, 0.1) is 6.92 Å². The number of aryl methyl sites for hydroxylation is 1. The van der Waals surface area contributed by atoms with E-state index in [-0.39, 0.29) is 5.91 Å². The minimum absolute atomic E-state index is 0.239. The standard InChI is InChI=1S/C16H13N3O2/c1-11-14(7-8-21-11)16(20)19-13-9-17-15(18-10-13)12-5-3-2-4-6-12/h2-10H,1H3,(H,19,20). The molecule has 0 spiro atoms. The van der Waals surface area contributed by atoms with Gasteiger partial charge in [0, 0.05) is 5.56 Å². The molecule has 0 radical (unpaired) electrons. The van der Waals surface area contributed by atoms with Gasteiger partial charge in [0.1, 0.15) is 5.76 Å². The average Bonchev–Trinajstić information content (AvgIpc) is 2.95. The van der Waals surface area contributed by atoms with Crippen LogP contribution in [0.3, 0.4) is 0 Å². The molecule has 0 aliphatic heterocycles. The summed E-state index contributed by atoms with van der Waals surface area (Å²) >= 11 is 0. The van der Waals surface area contributed by atoms with Crippen molar-refractivity contribution >= 4 is 11.6 Å². The Balaban J connectivity index is 1.76. The van der Waals surface area contributed by atoms with Crippen molar-refractivity contribution in [1.29, 1.82) is 0 Å². The van der Waals surface area contributed by atoms with Crippen LogP contribution in [-0.2, 0) is 0 Å². The number of nitrogens with zero attached hydrogens (tertiary/aromatic N) is 2. The maximum Gasteiger partial charge on any atom is 0.259 e. The summed E-state index contributed by atoms with van der Waals surface area (Å²) in [5, 5.41) is 2.74. The van der Waals surface area contributed by atoms with Crippen molar-refractivity contribution in [2.75, 3.05) is 5.32 Å². The number of hydrogen-bond donors (Lipinski definition) is 1. The second-order valence-corrected chi connectivity index (χ2v) is 4.51. The van der Waals surface area contributed by atoms with Gasteiger partial charge in [-0.1, -0.05) is 30.3 Å². The fourth-order valence-corrected chi connectivity index (χ4v) is 1.95. The molecule has 0 saturated heterocycles. The fraction of sp³-hybridized carbons (Fsp3) is 0.0625. The molecule has 5 nitrogen and oxygen atoms in total. The normalized spacial score (nSPS) is 10.3. The molecule has 2 aromatic heterocycles. The maximum absolute atomic E-state index is 12.0. The molecule has 0 bridgehead atoms. The maximum atomic E-state index is 12.0. The van der Waals surface area contributed by atoms with Crippen molar-refractivity contribution in [3.05, 3.63) is 66.4 Å². The summed E-state index contributed by atoms with van der Waals surface area (Å²) in [5.41, 5.74) is 1.98. The molecule has 0 unspecified atom stereocenters. The Morgan fingerprint density at radius 2 is 1.81 bits per heavy atom. The Morgan fingerprint density at radius 1 is 1.10 bits per heavy atom. The second-order valence-electron chi connectivity index (χ2n) is 4.51. The number of hydrogen-bond acceptors (Lipinski definition) is 4. The van der Waals surface area contributed by atoms with E-state index in [2.05, 4.69) is 15.3 Å². The minimum atomic E-state index is -0.239. The summed E-state index contributed by atoms with van der Waals surface area (Å²) in [7, 11) is 0. The summed E-state index contributed by atoms with van der Waals surface area (Å²) in [5.74, 6) is 0.958. The molecule has 0 fully saturated rings. The molecule has 0 aliphatic rings. The fourth-order valence-electron chi connectivity index (χ4n) is 1.95. The highest BCUT2D eigenvalue weighted by Gasteiger charge is 2.12. The van der Waals surface area contributed by atoms with Gasteiger partial charge < -0.3 is 9.73 Å². The molecule has 0 aliphatic carbocycles. The number of nitrogens with one attached hydrogen (secondary N) is 1. The molecule has 5 heteroatoms. The van der Waals surface area contributed by atoms with Crippen LogP contribution < -0.4 is 5.32 Å². The van der Waals surface area contributed by atoms with E-state index in [4.69, 9.17) is 4.42 Å². The zero-order valence-electron chi connectivity index (χ0n) is 11.4. The van der Waals surface area contributed by atoms with Crippen LogP contribution in [0.4, 0.5) is 5.69 Å². The van der Waals surface area contributed by atoms with Crippen molar-refractivity contribution in [2.24, 2.45) is 0 Å². The Labute approximate surface area is 121 Å². The lowest BCUT2D eigenvalue weighted by molar-refractivity contribution is 0.102. The van der Waals surface area contributed by atoms with Gasteiger partial charge in [-0.2, -0.15) is 0 Å². The van der Waals surface area contributed by atoms with Crippen molar-refractivity contribution in [3.8, 4) is 11.4 Å². The van der Waals surface area contributed by atoms with Crippen LogP contribution in [0.1, 0.15) is 16.1 Å². The monoisotopic (exact) mass is 279 g/mol. The number of furan rings is 1. The third kappa shape index (κ3) is 2.81. The van der Waals surface area contributed by atoms with Crippen molar-refractivity contribution in [1.82, 2.24) is 9.97 Å². The van der Waals surface area contributed by atoms with Gasteiger partial charge >= 0.3 is 0 Å². The second kappa shape index (κ2) is 5.58. The molecule has 0 atom stereocenters. The third-order valence-corrected chi connectivity index (χ3v) is 3.05. The van der Waals surface area contributed by atoms with E-state index in [9.17, 15) is 4.79 Å². The topological polar surface area (TPSA) is 68.0 Å². The SMILES string of the molecule is Cc1occc1C(=O)Nc1cnc(-c2ccccc2)nc1. The van der Waals surface area contributed by atoms with Gasteiger partial charge in [-0.05, 0) is 13.0 Å². The first-order valence-corrected chi connectivity index (χ1v) is 6.47. The van der Waals surface area contributed by atoms with E-state index in [0.29, 0.717) is 22.8 Å². The van der Waals surface area contributed by atoms with E-state index < -0.39 is 0 Å². The van der Waals surface area contributed by atoms with E-state index in [0.717, 1.165) is 5.56 Å². The van der Waals surface area contributed by atoms with E-state index in [1.807, 2.05) is 30.3 Å². The quantitative estimate of drug-likeness (QED) is 0.798. The lowest BCUT2D eigenvalue weighted by Gasteiger charge is -2.05. The molecule has 1 N–H and O–H groups in total. The number of amides is 1. The van der Waals surface area contributed by atoms with Crippen LogP contribution in [0.2, 0.25) is 0 Å². The summed E-state index contributed by atoms with van der Waals surface area (Å²) < 4.78 is 5.11. The molecule has 2 heterocycles. The van der Waals surface area contributed by atoms with Gasteiger partial charge in [0.2, 0.25) is 0 Å². The van der Waals surface area contributed by atoms with Gasteiger partial charge in [0.05, 0.1) is 29.9 Å². The predicted octanol–water partition coefficient (Wildman–Crippen LogP) is 3.30. The smallest absolute Gasteiger partial charge is 0.259 e. The van der Waals surface area contributed by atoms with Crippen LogP contribution in [0.15, 0.2) is 59.5 Å². The van der Waals surface area contributed by atoms with Gasteiger partial charge in [-0.3, -0.25) is 4.79 Å². The summed E-state index contributed by atoms with van der Waals surface area (Å²) in [4.78, 5) is 20.5. The highest BCUT2D eigenvalue weighted by molar-refractivity contribution is 6.04. The van der Waals surface area contributed by atoms with Crippen LogP contribution in [-0.4, -0.2) is 15.9 Å². The number of benzene rings is 1. The zero-order valence-corrected chi connectivity index (χ0v) is 11.4. The molecule has 1 aromatic carbocycles. The first-order chi connectivity index (χ1) is 10.2. The first-order valence-electron chi connectivity index (χ1n) is 6.47. The summed E-state index contributed by atoms with van der Waals surface area (Å²) in [6.45, 7) is 1.74. The van der Waals surface area contributed by atoms with Gasteiger partial charge in [0.15, 0.2) is 5.82 Å². The van der Waals surface area contributed by atoms with Crippen LogP contribution in [0.5, 0.6) is 0 Å². The molecule has 3 rings (SSSR count). The lowest BCUT2D eigenvalue weighted by Crippen LogP contribution is -2.12. The van der Waals surface area contributed by atoms with Gasteiger partial charge in [-0.25, -0.2) is 9.97 Å². The summed E-state index contributed by atoms with van der Waals surface area (Å²) in [6.07, 6.45) is 4.66. The van der Waals surface area contributed by atoms with E-state index in [1.165, 1.54) is 6.26 Å². The number of rotatable bonds is 3. The average molecular weight is 279 g/mol. The van der Waals surface area contributed by atoms with Crippen LogP contribution in [0.25, 0.3) is 11.4 Å². The van der Waals surface area contributed by atoms with Gasteiger partial charge in [-0.15, -0.1) is 0 Å². The molecular formula is C16H13N3O2. The Morgan fingerprint density at radius 3 is 2.43 bits per heavy atom. The molecule has 104 valence electrons. The number of carbonyl (C=O) groups excluding carboxylic acids is 1. The largest absolute Gasteiger partial charge is 0.469 e. The first kappa shape index (κ1) is 13.1. The van der Waals surface area contributed by atoms with Gasteiger partial charge in [0.25, 0.3) is 5.91 Å². The number of aromatic nitrogens is 2. The Bertz CT molecular complexity index is 749. The van der Waals surface area contributed by atoms with E-state index in [1.54, 1.807) is 25.4 Å². The number of anilines is 1. The molecular weight excluding hydrogens is 266 g/mol. The Kier molecular flexibility index (Phi) is 3.47. The van der Waals surface area contributed by atoms with Crippen LogP contribution >= 0.6 is 0 Å². The summed E-state index contributed by atoms with van der Waals surface area (Å²) in [6, 6.07) is 11.3. The van der Waals surface area contributed by atoms with Crippen molar-refractivity contribution in [3.63, 3.8) is 0 Å². The van der Waals surface area contributed by atoms with Crippen molar-refractivity contribution in [2.45, 2.75) is 6.92 Å². The third-order valence-electron chi connectivity index (χ3n) is 3.05. The highest BCUT2D eigenvalue weighted by atomic mass is 16.3. The lowest BCUT2D eigenvalue weighted by atomic mass is 10.2. The molecule has 1 amide bonds. The Hall–Kier alpha value is -2.95. The molecule has 0 saturated carbocycles. The van der Waals surface area contributed by atoms with E-state index >= 15 is 0 Å². The zero-order chi connectivity index (χ0) is 14.7. The predicted molar refractivity (Wildman–Crippen MR) is 78.9 cm³/mol.